The van der Waals surface area contributed by atoms with Gasteiger partial charge in [-0.15, -0.1) is 0 Å². The van der Waals surface area contributed by atoms with Gasteiger partial charge in [0.15, 0.2) is 6.61 Å². The topological polar surface area (TPSA) is 38.3 Å². The lowest BCUT2D eigenvalue weighted by Crippen LogP contribution is -2.20. The van der Waals surface area contributed by atoms with Crippen LogP contribution in [0.1, 0.15) is 11.1 Å². The van der Waals surface area contributed by atoms with Gasteiger partial charge < -0.3 is 10.1 Å². The van der Waals surface area contributed by atoms with Crippen LogP contribution in [0.15, 0.2) is 42.5 Å². The van der Waals surface area contributed by atoms with E-state index in [-0.39, 0.29) is 12.5 Å². The fourth-order valence-corrected chi connectivity index (χ4v) is 2.04. The van der Waals surface area contributed by atoms with Crippen LogP contribution in [-0.4, -0.2) is 12.5 Å². The number of rotatable bonds is 4. The van der Waals surface area contributed by atoms with Crippen molar-refractivity contribution in [2.45, 2.75) is 13.8 Å². The number of para-hydroxylation sites is 1. The Kier molecular flexibility index (Phi) is 4.64. The summed E-state index contributed by atoms with van der Waals surface area (Å²) in [6.45, 7) is 3.90. The van der Waals surface area contributed by atoms with Crippen molar-refractivity contribution in [2.75, 3.05) is 11.9 Å². The van der Waals surface area contributed by atoms with Crippen LogP contribution >= 0.6 is 11.6 Å². The molecule has 1 N–H and O–H groups in total. The van der Waals surface area contributed by atoms with Crippen molar-refractivity contribution in [1.82, 2.24) is 0 Å². The van der Waals surface area contributed by atoms with Crippen LogP contribution in [0, 0.1) is 13.8 Å². The molecule has 20 heavy (non-hydrogen) atoms. The Morgan fingerprint density at radius 3 is 2.65 bits per heavy atom. The molecule has 0 fully saturated rings. The number of anilines is 1. The smallest absolute Gasteiger partial charge is 0.262 e. The van der Waals surface area contributed by atoms with E-state index < -0.39 is 0 Å². The van der Waals surface area contributed by atoms with Crippen molar-refractivity contribution >= 4 is 23.2 Å². The maximum absolute atomic E-state index is 11.9. The highest BCUT2D eigenvalue weighted by Crippen LogP contribution is 2.23. The zero-order valence-electron chi connectivity index (χ0n) is 11.4. The maximum Gasteiger partial charge on any atom is 0.262 e. The zero-order valence-corrected chi connectivity index (χ0v) is 12.2. The van der Waals surface area contributed by atoms with Gasteiger partial charge in [-0.05, 0) is 37.6 Å². The number of aryl methyl sites for hydroxylation is 2. The summed E-state index contributed by atoms with van der Waals surface area (Å²) >= 11 is 5.95. The minimum atomic E-state index is -0.211. The lowest BCUT2D eigenvalue weighted by molar-refractivity contribution is -0.118. The SMILES string of the molecule is Cc1ccc(NC(=O)COc2ccccc2Cl)c(C)c1. The second kappa shape index (κ2) is 6.44. The molecule has 0 saturated carbocycles. The molecular formula is C16H16ClNO2. The molecule has 2 aromatic rings. The number of hydrogen-bond donors (Lipinski definition) is 1. The number of benzene rings is 2. The van der Waals surface area contributed by atoms with Crippen molar-refractivity contribution in [2.24, 2.45) is 0 Å². The Labute approximate surface area is 123 Å². The number of halogens is 1. The summed E-state index contributed by atoms with van der Waals surface area (Å²) in [7, 11) is 0. The van der Waals surface area contributed by atoms with E-state index >= 15 is 0 Å². The standard InChI is InChI=1S/C16H16ClNO2/c1-11-7-8-14(12(2)9-11)18-16(19)10-20-15-6-4-3-5-13(15)17/h3-9H,10H2,1-2H3,(H,18,19). The van der Waals surface area contributed by atoms with Gasteiger partial charge in [0, 0.05) is 5.69 Å². The summed E-state index contributed by atoms with van der Waals surface area (Å²) < 4.78 is 5.39. The molecule has 1 amide bonds. The van der Waals surface area contributed by atoms with Crippen molar-refractivity contribution in [3.05, 3.63) is 58.6 Å². The van der Waals surface area contributed by atoms with Gasteiger partial charge in [-0.1, -0.05) is 41.4 Å². The quantitative estimate of drug-likeness (QED) is 0.925. The third-order valence-electron chi connectivity index (χ3n) is 2.85. The third-order valence-corrected chi connectivity index (χ3v) is 3.16. The van der Waals surface area contributed by atoms with Crippen LogP contribution in [0.5, 0.6) is 5.75 Å². The average Bonchev–Trinajstić information content (AvgIpc) is 2.41. The van der Waals surface area contributed by atoms with Gasteiger partial charge >= 0.3 is 0 Å². The van der Waals surface area contributed by atoms with E-state index in [1.165, 1.54) is 0 Å². The first-order valence-corrected chi connectivity index (χ1v) is 6.68. The predicted octanol–water partition coefficient (Wildman–Crippen LogP) is 3.97. The fourth-order valence-electron chi connectivity index (χ4n) is 1.85. The third kappa shape index (κ3) is 3.75. The van der Waals surface area contributed by atoms with E-state index in [1.54, 1.807) is 12.1 Å². The Hall–Kier alpha value is -2.00. The van der Waals surface area contributed by atoms with Gasteiger partial charge in [0.2, 0.25) is 0 Å². The normalized spacial score (nSPS) is 10.2. The summed E-state index contributed by atoms with van der Waals surface area (Å²) in [4.78, 5) is 11.9. The molecule has 0 radical (unpaired) electrons. The van der Waals surface area contributed by atoms with E-state index in [2.05, 4.69) is 5.32 Å². The molecule has 2 rings (SSSR count). The number of ether oxygens (including phenoxy) is 1. The second-order valence-electron chi connectivity index (χ2n) is 4.59. The zero-order chi connectivity index (χ0) is 14.5. The minimum Gasteiger partial charge on any atom is -0.482 e. The summed E-state index contributed by atoms with van der Waals surface area (Å²) in [6.07, 6.45) is 0. The van der Waals surface area contributed by atoms with Gasteiger partial charge in [-0.3, -0.25) is 4.79 Å². The molecule has 3 nitrogen and oxygen atoms in total. The molecule has 0 aromatic heterocycles. The Balaban J connectivity index is 1.94. The van der Waals surface area contributed by atoms with E-state index in [9.17, 15) is 4.79 Å². The van der Waals surface area contributed by atoms with E-state index in [0.717, 1.165) is 16.8 Å². The molecule has 0 unspecified atom stereocenters. The van der Waals surface area contributed by atoms with Gasteiger partial charge in [-0.25, -0.2) is 0 Å². The van der Waals surface area contributed by atoms with Crippen LogP contribution in [0.2, 0.25) is 5.02 Å². The van der Waals surface area contributed by atoms with Crippen LogP contribution < -0.4 is 10.1 Å². The first kappa shape index (κ1) is 14.4. The number of hydrogen-bond acceptors (Lipinski definition) is 2. The van der Waals surface area contributed by atoms with Crippen LogP contribution in [0.4, 0.5) is 5.69 Å². The largest absolute Gasteiger partial charge is 0.482 e. The molecule has 4 heteroatoms. The summed E-state index contributed by atoms with van der Waals surface area (Å²) in [5.41, 5.74) is 2.98. The molecule has 2 aromatic carbocycles. The van der Waals surface area contributed by atoms with Crippen molar-refractivity contribution in [1.29, 1.82) is 0 Å². The molecule has 0 atom stereocenters. The van der Waals surface area contributed by atoms with E-state index in [1.807, 2.05) is 44.2 Å². The van der Waals surface area contributed by atoms with Gasteiger partial charge in [0.05, 0.1) is 5.02 Å². The van der Waals surface area contributed by atoms with Gasteiger partial charge in [-0.2, -0.15) is 0 Å². The molecule has 104 valence electrons. The first-order valence-electron chi connectivity index (χ1n) is 6.30. The number of carbonyl (C=O) groups is 1. The van der Waals surface area contributed by atoms with E-state index in [0.29, 0.717) is 10.8 Å². The number of amides is 1. The highest BCUT2D eigenvalue weighted by atomic mass is 35.5. The average molecular weight is 290 g/mol. The molecule has 0 aliphatic carbocycles. The van der Waals surface area contributed by atoms with Crippen LogP contribution in [0.3, 0.4) is 0 Å². The van der Waals surface area contributed by atoms with Crippen LogP contribution in [0.25, 0.3) is 0 Å². The summed E-state index contributed by atoms with van der Waals surface area (Å²) in [5.74, 6) is 0.293. The predicted molar refractivity (Wildman–Crippen MR) is 81.5 cm³/mol. The molecule has 0 saturated heterocycles. The number of carbonyl (C=O) groups excluding carboxylic acids is 1. The lowest BCUT2D eigenvalue weighted by atomic mass is 10.1. The fraction of sp³-hybridized carbons (Fsp3) is 0.188. The molecular weight excluding hydrogens is 274 g/mol. The van der Waals surface area contributed by atoms with Gasteiger partial charge in [0.25, 0.3) is 5.91 Å². The highest BCUT2D eigenvalue weighted by molar-refractivity contribution is 6.32. The second-order valence-corrected chi connectivity index (χ2v) is 4.99. The maximum atomic E-state index is 11.9. The molecule has 0 bridgehead atoms. The minimum absolute atomic E-state index is 0.0724. The van der Waals surface area contributed by atoms with Crippen LogP contribution in [-0.2, 0) is 4.79 Å². The molecule has 0 aliphatic heterocycles. The molecule has 0 spiro atoms. The summed E-state index contributed by atoms with van der Waals surface area (Å²) in [6, 6.07) is 12.9. The Morgan fingerprint density at radius 1 is 1.20 bits per heavy atom. The number of nitrogens with one attached hydrogen (secondary N) is 1. The first-order chi connectivity index (χ1) is 9.56. The lowest BCUT2D eigenvalue weighted by Gasteiger charge is -2.10. The monoisotopic (exact) mass is 289 g/mol. The van der Waals surface area contributed by atoms with Crippen molar-refractivity contribution < 1.29 is 9.53 Å². The Morgan fingerprint density at radius 2 is 1.95 bits per heavy atom. The molecule has 0 aliphatic rings. The van der Waals surface area contributed by atoms with Crippen molar-refractivity contribution in [3.8, 4) is 5.75 Å². The van der Waals surface area contributed by atoms with E-state index in [4.69, 9.17) is 16.3 Å². The van der Waals surface area contributed by atoms with Crippen molar-refractivity contribution in [3.63, 3.8) is 0 Å². The highest BCUT2D eigenvalue weighted by Gasteiger charge is 2.07. The molecule has 0 heterocycles. The van der Waals surface area contributed by atoms with Gasteiger partial charge in [0.1, 0.15) is 5.75 Å². The Bertz CT molecular complexity index is 626. The summed E-state index contributed by atoms with van der Waals surface area (Å²) in [5, 5.41) is 3.31.